The van der Waals surface area contributed by atoms with E-state index in [1.54, 1.807) is 13.2 Å². The van der Waals surface area contributed by atoms with Crippen molar-refractivity contribution in [2.45, 2.75) is 20.0 Å². The smallest absolute Gasteiger partial charge is 0.330 e. The van der Waals surface area contributed by atoms with Crippen molar-refractivity contribution in [1.82, 2.24) is 4.98 Å². The molecule has 0 aliphatic rings. The number of nitrogens with zero attached hydrogens (tertiary/aromatic N) is 1. The van der Waals surface area contributed by atoms with Crippen molar-refractivity contribution in [1.29, 1.82) is 0 Å². The average molecular weight is 287 g/mol. The van der Waals surface area contributed by atoms with Crippen LogP contribution >= 0.6 is 0 Å². The lowest BCUT2D eigenvalue weighted by Crippen LogP contribution is -2.00. The first-order valence-corrected chi connectivity index (χ1v) is 6.65. The molecule has 2 aromatic rings. The lowest BCUT2D eigenvalue weighted by molar-refractivity contribution is -0.139. The maximum Gasteiger partial charge on any atom is 0.330 e. The number of hydrogen-bond acceptors (Lipinski definition) is 5. The number of benzene rings is 1. The number of rotatable bonds is 6. The summed E-state index contributed by atoms with van der Waals surface area (Å²) in [6.07, 6.45) is 5.43. The molecule has 0 fully saturated rings. The average Bonchev–Trinajstić information content (AvgIpc) is 3.00. The van der Waals surface area contributed by atoms with Crippen molar-refractivity contribution in [2.75, 3.05) is 7.11 Å². The Balaban J connectivity index is 1.97. The largest absolute Gasteiger partial charge is 0.497 e. The minimum atomic E-state index is -0.383. The Morgan fingerprint density at radius 1 is 1.33 bits per heavy atom. The molecule has 0 bridgehead atoms. The highest BCUT2D eigenvalue weighted by Crippen LogP contribution is 2.21. The summed E-state index contributed by atoms with van der Waals surface area (Å²) in [5.74, 6) is 0.862. The van der Waals surface area contributed by atoms with Crippen LogP contribution in [0.1, 0.15) is 19.0 Å². The Kier molecular flexibility index (Phi) is 5.15. The molecule has 1 aromatic heterocycles. The van der Waals surface area contributed by atoms with E-state index in [0.29, 0.717) is 11.6 Å². The summed E-state index contributed by atoms with van der Waals surface area (Å²) < 4.78 is 15.5. The molecule has 21 heavy (non-hydrogen) atoms. The maximum atomic E-state index is 11.3. The third-order valence-electron chi connectivity index (χ3n) is 2.74. The third kappa shape index (κ3) is 4.21. The summed E-state index contributed by atoms with van der Waals surface area (Å²) in [6.45, 7) is 2.04. The number of oxazole rings is 1. The second kappa shape index (κ2) is 7.28. The predicted octanol–water partition coefficient (Wildman–Crippen LogP) is 3.36. The van der Waals surface area contributed by atoms with E-state index in [1.807, 2.05) is 31.2 Å². The fourth-order valence-electron chi connectivity index (χ4n) is 1.65. The second-order valence-electron chi connectivity index (χ2n) is 4.29. The molecule has 1 heterocycles. The van der Waals surface area contributed by atoms with Crippen molar-refractivity contribution >= 4 is 5.97 Å². The number of aromatic nitrogens is 1. The van der Waals surface area contributed by atoms with Crippen LogP contribution in [0.2, 0.25) is 0 Å². The van der Waals surface area contributed by atoms with E-state index in [2.05, 4.69) is 4.98 Å². The molecule has 1 aromatic carbocycles. The van der Waals surface area contributed by atoms with E-state index >= 15 is 0 Å². The van der Waals surface area contributed by atoms with Crippen molar-refractivity contribution < 1.29 is 18.7 Å². The predicted molar refractivity (Wildman–Crippen MR) is 77.7 cm³/mol. The number of methoxy groups -OCH3 is 1. The van der Waals surface area contributed by atoms with E-state index in [-0.39, 0.29) is 12.6 Å². The van der Waals surface area contributed by atoms with Crippen LogP contribution in [0.25, 0.3) is 11.5 Å². The van der Waals surface area contributed by atoms with Gasteiger partial charge in [0.15, 0.2) is 0 Å². The molecule has 0 radical (unpaired) electrons. The molecule has 0 spiro atoms. The van der Waals surface area contributed by atoms with Crippen LogP contribution in [0.3, 0.4) is 0 Å². The Labute approximate surface area is 123 Å². The molecule has 2 rings (SSSR count). The molecule has 0 unspecified atom stereocenters. The van der Waals surface area contributed by atoms with Gasteiger partial charge in [0.1, 0.15) is 24.3 Å². The number of esters is 1. The standard InChI is InChI=1S/C16H17NO4/c1-3-4-5-15(18)20-10-13-11-21-16(17-13)12-6-8-14(19-2)9-7-12/h4-9,11H,3,10H2,1-2H3/b5-4+. The Hall–Kier alpha value is -2.56. The molecule has 110 valence electrons. The van der Waals surface area contributed by atoms with Crippen LogP contribution in [0.5, 0.6) is 5.75 Å². The maximum absolute atomic E-state index is 11.3. The zero-order chi connectivity index (χ0) is 15.1. The summed E-state index contributed by atoms with van der Waals surface area (Å²) in [5.41, 5.74) is 1.40. The normalized spacial score (nSPS) is 10.8. The zero-order valence-corrected chi connectivity index (χ0v) is 12.0. The van der Waals surface area contributed by atoms with Gasteiger partial charge in [-0.1, -0.05) is 13.0 Å². The molecule has 5 nitrogen and oxygen atoms in total. The minimum Gasteiger partial charge on any atom is -0.497 e. The summed E-state index contributed by atoms with van der Waals surface area (Å²) in [5, 5.41) is 0. The number of hydrogen-bond donors (Lipinski definition) is 0. The van der Waals surface area contributed by atoms with E-state index in [0.717, 1.165) is 17.7 Å². The van der Waals surface area contributed by atoms with Crippen LogP contribution in [-0.4, -0.2) is 18.1 Å². The van der Waals surface area contributed by atoms with Crippen LogP contribution in [-0.2, 0) is 16.1 Å². The fourth-order valence-corrected chi connectivity index (χ4v) is 1.65. The van der Waals surface area contributed by atoms with Crippen LogP contribution in [0, 0.1) is 0 Å². The van der Waals surface area contributed by atoms with E-state index in [1.165, 1.54) is 12.3 Å². The molecule has 0 aliphatic carbocycles. The van der Waals surface area contributed by atoms with Gasteiger partial charge in [-0.3, -0.25) is 0 Å². The van der Waals surface area contributed by atoms with Crippen LogP contribution < -0.4 is 4.74 Å². The SMILES string of the molecule is CC/C=C/C(=O)OCc1coc(-c2ccc(OC)cc2)n1. The Bertz CT molecular complexity index is 613. The zero-order valence-electron chi connectivity index (χ0n) is 12.0. The molecule has 0 saturated carbocycles. The minimum absolute atomic E-state index is 0.0898. The van der Waals surface area contributed by atoms with Gasteiger partial charge in [-0.2, -0.15) is 0 Å². The van der Waals surface area contributed by atoms with E-state index in [9.17, 15) is 4.79 Å². The number of carbonyl (C=O) groups is 1. The number of ether oxygens (including phenoxy) is 2. The molecule has 0 atom stereocenters. The lowest BCUT2D eigenvalue weighted by atomic mass is 10.2. The van der Waals surface area contributed by atoms with E-state index < -0.39 is 0 Å². The topological polar surface area (TPSA) is 61.6 Å². The first-order valence-electron chi connectivity index (χ1n) is 6.65. The quantitative estimate of drug-likeness (QED) is 0.602. The molecule has 5 heteroatoms. The summed E-state index contributed by atoms with van der Waals surface area (Å²) in [4.78, 5) is 15.6. The van der Waals surface area contributed by atoms with Gasteiger partial charge in [0.2, 0.25) is 5.89 Å². The van der Waals surface area contributed by atoms with Gasteiger partial charge in [-0.05, 0) is 30.7 Å². The van der Waals surface area contributed by atoms with Crippen molar-refractivity contribution in [3.05, 3.63) is 48.4 Å². The molecule has 0 amide bonds. The third-order valence-corrected chi connectivity index (χ3v) is 2.74. The van der Waals surface area contributed by atoms with Crippen LogP contribution in [0.15, 0.2) is 47.1 Å². The van der Waals surface area contributed by atoms with Gasteiger partial charge in [-0.25, -0.2) is 9.78 Å². The fraction of sp³-hybridized carbons (Fsp3) is 0.250. The molecule has 0 aliphatic heterocycles. The van der Waals surface area contributed by atoms with Gasteiger partial charge in [0, 0.05) is 11.6 Å². The monoisotopic (exact) mass is 287 g/mol. The molecule has 0 saturated heterocycles. The first kappa shape index (κ1) is 14.8. The summed E-state index contributed by atoms with van der Waals surface area (Å²) in [6, 6.07) is 7.36. The summed E-state index contributed by atoms with van der Waals surface area (Å²) >= 11 is 0. The van der Waals surface area contributed by atoms with Gasteiger partial charge < -0.3 is 13.9 Å². The highest BCUT2D eigenvalue weighted by atomic mass is 16.5. The highest BCUT2D eigenvalue weighted by molar-refractivity contribution is 5.81. The highest BCUT2D eigenvalue weighted by Gasteiger charge is 2.08. The van der Waals surface area contributed by atoms with E-state index in [4.69, 9.17) is 13.9 Å². The van der Waals surface area contributed by atoms with Gasteiger partial charge in [0.25, 0.3) is 0 Å². The van der Waals surface area contributed by atoms with Gasteiger partial charge >= 0.3 is 5.97 Å². The number of carbonyl (C=O) groups excluding carboxylic acids is 1. The van der Waals surface area contributed by atoms with Crippen LogP contribution in [0.4, 0.5) is 0 Å². The van der Waals surface area contributed by atoms with Crippen molar-refractivity contribution in [3.8, 4) is 17.2 Å². The molecular formula is C16H17NO4. The van der Waals surface area contributed by atoms with Gasteiger partial charge in [-0.15, -0.1) is 0 Å². The molecular weight excluding hydrogens is 270 g/mol. The van der Waals surface area contributed by atoms with Gasteiger partial charge in [0.05, 0.1) is 7.11 Å². The summed E-state index contributed by atoms with van der Waals surface area (Å²) in [7, 11) is 1.61. The Morgan fingerprint density at radius 2 is 2.10 bits per heavy atom. The second-order valence-corrected chi connectivity index (χ2v) is 4.29. The van der Waals surface area contributed by atoms with Crippen molar-refractivity contribution in [2.24, 2.45) is 0 Å². The van der Waals surface area contributed by atoms with Crippen molar-refractivity contribution in [3.63, 3.8) is 0 Å². The Morgan fingerprint density at radius 3 is 2.76 bits per heavy atom. The molecule has 0 N–H and O–H groups in total. The number of allylic oxidation sites excluding steroid dienone is 1. The first-order chi connectivity index (χ1) is 10.2. The lowest BCUT2D eigenvalue weighted by Gasteiger charge is -1.99.